The highest BCUT2D eigenvalue weighted by Gasteiger charge is 2.10. The summed E-state index contributed by atoms with van der Waals surface area (Å²) in [7, 11) is 1.62. The lowest BCUT2D eigenvalue weighted by Crippen LogP contribution is -2.39. The van der Waals surface area contributed by atoms with Gasteiger partial charge in [-0.15, -0.1) is 24.0 Å². The highest BCUT2D eigenvalue weighted by Crippen LogP contribution is 2.17. The lowest BCUT2D eigenvalue weighted by molar-refractivity contribution is 0.111. The van der Waals surface area contributed by atoms with E-state index in [0.717, 1.165) is 12.1 Å². The van der Waals surface area contributed by atoms with E-state index >= 15 is 0 Å². The van der Waals surface area contributed by atoms with E-state index in [2.05, 4.69) is 15.6 Å². The Hall–Kier alpha value is -0.930. The zero-order chi connectivity index (χ0) is 16.2. The number of benzene rings is 1. The van der Waals surface area contributed by atoms with Gasteiger partial charge in [0.05, 0.1) is 13.2 Å². The summed E-state index contributed by atoms with van der Waals surface area (Å²) >= 11 is 0. The number of ether oxygens (including phenoxy) is 2. The summed E-state index contributed by atoms with van der Waals surface area (Å²) < 4.78 is 23.7. The Bertz CT molecular complexity index is 443. The van der Waals surface area contributed by atoms with Crippen molar-refractivity contribution in [2.45, 2.75) is 20.0 Å². The molecule has 1 aromatic rings. The van der Waals surface area contributed by atoms with E-state index in [1.54, 1.807) is 19.2 Å². The van der Waals surface area contributed by atoms with Crippen LogP contribution in [0.2, 0.25) is 0 Å². The van der Waals surface area contributed by atoms with Crippen LogP contribution in [0.1, 0.15) is 25.5 Å². The first-order valence-electron chi connectivity index (χ1n) is 7.59. The zero-order valence-corrected chi connectivity index (χ0v) is 16.3. The molecule has 0 aliphatic carbocycles. The minimum absolute atomic E-state index is 0. The molecule has 5 nitrogen and oxygen atoms in total. The summed E-state index contributed by atoms with van der Waals surface area (Å²) in [6, 6.07) is 6.29. The largest absolute Gasteiger partial charge is 0.380 e. The van der Waals surface area contributed by atoms with Gasteiger partial charge in [-0.3, -0.25) is 4.99 Å². The van der Waals surface area contributed by atoms with Crippen molar-refractivity contribution in [3.63, 3.8) is 0 Å². The van der Waals surface area contributed by atoms with Crippen molar-refractivity contribution in [1.82, 2.24) is 10.6 Å². The second-order valence-corrected chi connectivity index (χ2v) is 4.62. The number of nitrogens with one attached hydrogen (secondary N) is 2. The van der Waals surface area contributed by atoms with Crippen LogP contribution >= 0.6 is 24.0 Å². The Kier molecular flexibility index (Phi) is 13.0. The van der Waals surface area contributed by atoms with Gasteiger partial charge in [-0.1, -0.05) is 12.1 Å². The normalized spacial score (nSPS) is 12.4. The number of rotatable bonds is 9. The average molecular weight is 439 g/mol. The van der Waals surface area contributed by atoms with Gasteiger partial charge in [-0.25, -0.2) is 4.39 Å². The fourth-order valence-corrected chi connectivity index (χ4v) is 1.90. The molecule has 0 aromatic heterocycles. The molecule has 0 amide bonds. The standard InChI is InChI=1S/C16H26FN3O2.HI/c1-4-18-16(19-10-11-22-5-2)20-12-15(21-3)13-6-8-14(17)9-7-13;/h6-9,15H,4-5,10-12H2,1-3H3,(H2,18,19,20);1H. The van der Waals surface area contributed by atoms with Gasteiger partial charge in [0, 0.05) is 26.8 Å². The third kappa shape index (κ3) is 9.07. The Morgan fingerprint density at radius 1 is 1.22 bits per heavy atom. The number of aliphatic imine (C=N–C) groups is 1. The van der Waals surface area contributed by atoms with E-state index in [-0.39, 0.29) is 35.9 Å². The van der Waals surface area contributed by atoms with Crippen molar-refractivity contribution in [3.05, 3.63) is 35.6 Å². The Labute approximate surface area is 155 Å². The molecule has 2 N–H and O–H groups in total. The second kappa shape index (κ2) is 13.5. The average Bonchev–Trinajstić information content (AvgIpc) is 2.53. The Morgan fingerprint density at radius 3 is 2.48 bits per heavy atom. The fraction of sp³-hybridized carbons (Fsp3) is 0.562. The lowest BCUT2D eigenvalue weighted by Gasteiger charge is -2.16. The Balaban J connectivity index is 0.00000484. The SMILES string of the molecule is CCNC(=NCC(OC)c1ccc(F)cc1)NCCOCC.I. The molecule has 0 radical (unpaired) electrons. The minimum atomic E-state index is -0.256. The minimum Gasteiger partial charge on any atom is -0.380 e. The molecule has 0 aliphatic heterocycles. The molecule has 0 spiro atoms. The summed E-state index contributed by atoms with van der Waals surface area (Å²) in [6.45, 7) is 7.21. The van der Waals surface area contributed by atoms with E-state index in [1.807, 2.05) is 13.8 Å². The number of halogens is 2. The summed E-state index contributed by atoms with van der Waals surface area (Å²) in [5.74, 6) is 0.458. The monoisotopic (exact) mass is 439 g/mol. The van der Waals surface area contributed by atoms with Crippen LogP contribution in [0, 0.1) is 5.82 Å². The van der Waals surface area contributed by atoms with Crippen LogP contribution in [0.25, 0.3) is 0 Å². The first-order valence-corrected chi connectivity index (χ1v) is 7.59. The van der Waals surface area contributed by atoms with Crippen LogP contribution < -0.4 is 10.6 Å². The molecule has 1 aromatic carbocycles. The van der Waals surface area contributed by atoms with Crippen molar-refractivity contribution >= 4 is 29.9 Å². The molecular formula is C16H27FIN3O2. The number of guanidine groups is 1. The van der Waals surface area contributed by atoms with Gasteiger partial charge in [0.25, 0.3) is 0 Å². The smallest absolute Gasteiger partial charge is 0.191 e. The third-order valence-corrected chi connectivity index (χ3v) is 3.03. The predicted octanol–water partition coefficient (Wildman–Crippen LogP) is 2.72. The highest BCUT2D eigenvalue weighted by atomic mass is 127. The number of methoxy groups -OCH3 is 1. The van der Waals surface area contributed by atoms with E-state index in [4.69, 9.17) is 9.47 Å². The van der Waals surface area contributed by atoms with Crippen LogP contribution in [0.5, 0.6) is 0 Å². The molecule has 0 aliphatic rings. The summed E-state index contributed by atoms with van der Waals surface area (Å²) in [5.41, 5.74) is 0.901. The molecule has 1 rings (SSSR count). The van der Waals surface area contributed by atoms with Crippen LogP contribution in [0.4, 0.5) is 4.39 Å². The predicted molar refractivity (Wildman–Crippen MR) is 102 cm³/mol. The van der Waals surface area contributed by atoms with Crippen LogP contribution in [-0.2, 0) is 9.47 Å². The van der Waals surface area contributed by atoms with Gasteiger partial charge in [-0.05, 0) is 31.5 Å². The summed E-state index contributed by atoms with van der Waals surface area (Å²) in [5, 5.41) is 6.36. The van der Waals surface area contributed by atoms with Gasteiger partial charge < -0.3 is 20.1 Å². The summed E-state index contributed by atoms with van der Waals surface area (Å²) in [4.78, 5) is 4.50. The van der Waals surface area contributed by atoms with Gasteiger partial charge in [-0.2, -0.15) is 0 Å². The zero-order valence-electron chi connectivity index (χ0n) is 14.0. The molecule has 0 saturated heterocycles. The van der Waals surface area contributed by atoms with E-state index in [1.165, 1.54) is 12.1 Å². The molecule has 0 fully saturated rings. The number of hydrogen-bond donors (Lipinski definition) is 2. The van der Waals surface area contributed by atoms with Crippen molar-refractivity contribution in [1.29, 1.82) is 0 Å². The molecule has 1 unspecified atom stereocenters. The molecule has 7 heteroatoms. The maximum absolute atomic E-state index is 13.0. The first kappa shape index (κ1) is 22.1. The Morgan fingerprint density at radius 2 is 1.91 bits per heavy atom. The highest BCUT2D eigenvalue weighted by molar-refractivity contribution is 14.0. The lowest BCUT2D eigenvalue weighted by atomic mass is 10.1. The van der Waals surface area contributed by atoms with Gasteiger partial charge in [0.2, 0.25) is 0 Å². The number of hydrogen-bond acceptors (Lipinski definition) is 3. The fourth-order valence-electron chi connectivity index (χ4n) is 1.90. The topological polar surface area (TPSA) is 54.9 Å². The molecule has 0 bridgehead atoms. The van der Waals surface area contributed by atoms with Crippen molar-refractivity contribution < 1.29 is 13.9 Å². The summed E-state index contributed by atoms with van der Waals surface area (Å²) in [6.07, 6.45) is -0.206. The molecule has 132 valence electrons. The van der Waals surface area contributed by atoms with Crippen LogP contribution in [-0.4, -0.2) is 45.9 Å². The van der Waals surface area contributed by atoms with Crippen molar-refractivity contribution in [3.8, 4) is 0 Å². The second-order valence-electron chi connectivity index (χ2n) is 4.62. The quantitative estimate of drug-likeness (QED) is 0.269. The molecule has 0 heterocycles. The van der Waals surface area contributed by atoms with Crippen molar-refractivity contribution in [2.24, 2.45) is 4.99 Å². The molecule has 1 atom stereocenters. The van der Waals surface area contributed by atoms with Crippen molar-refractivity contribution in [2.75, 3.05) is 40.0 Å². The maximum atomic E-state index is 13.0. The van der Waals surface area contributed by atoms with E-state index in [9.17, 15) is 4.39 Å². The van der Waals surface area contributed by atoms with Crippen LogP contribution in [0.3, 0.4) is 0 Å². The van der Waals surface area contributed by atoms with Gasteiger partial charge in [0.1, 0.15) is 11.9 Å². The van der Waals surface area contributed by atoms with Crippen LogP contribution in [0.15, 0.2) is 29.3 Å². The third-order valence-electron chi connectivity index (χ3n) is 3.03. The molecule has 0 saturated carbocycles. The van der Waals surface area contributed by atoms with E-state index < -0.39 is 0 Å². The van der Waals surface area contributed by atoms with E-state index in [0.29, 0.717) is 32.3 Å². The molecular weight excluding hydrogens is 412 g/mol. The molecule has 23 heavy (non-hydrogen) atoms. The van der Waals surface area contributed by atoms with Gasteiger partial charge >= 0.3 is 0 Å². The maximum Gasteiger partial charge on any atom is 0.191 e. The van der Waals surface area contributed by atoms with Gasteiger partial charge in [0.15, 0.2) is 5.96 Å². The first-order chi connectivity index (χ1) is 10.7. The number of nitrogens with zero attached hydrogens (tertiary/aromatic N) is 1.